The van der Waals surface area contributed by atoms with E-state index in [1.54, 1.807) is 27.7 Å². The van der Waals surface area contributed by atoms with E-state index in [0.717, 1.165) is 0 Å². The maximum absolute atomic E-state index is 12.4. The lowest BCUT2D eigenvalue weighted by molar-refractivity contribution is -0.138. The Labute approximate surface area is 177 Å². The van der Waals surface area contributed by atoms with E-state index < -0.39 is 29.9 Å². The second-order valence-corrected chi connectivity index (χ2v) is 7.92. The number of hydrogen-bond acceptors (Lipinski definition) is 6. The third-order valence-electron chi connectivity index (χ3n) is 4.45. The molecule has 0 saturated carbocycles. The molecule has 0 fully saturated rings. The average Bonchev–Trinajstić information content (AvgIpc) is 2.65. The number of nitrogens with zero attached hydrogens (tertiary/aromatic N) is 1. The van der Waals surface area contributed by atoms with Crippen LogP contribution < -0.4 is 16.4 Å². The van der Waals surface area contributed by atoms with Gasteiger partial charge in [-0.15, -0.1) is 0 Å². The van der Waals surface area contributed by atoms with Crippen LogP contribution in [-0.4, -0.2) is 71.2 Å². The highest BCUT2D eigenvalue weighted by atomic mass is 16.4. The Balaban J connectivity index is 4.92. The van der Waals surface area contributed by atoms with Crippen molar-refractivity contribution in [1.82, 2.24) is 15.5 Å². The lowest BCUT2D eigenvalue weighted by atomic mass is 10.1. The summed E-state index contributed by atoms with van der Waals surface area (Å²) in [4.78, 5) is 60.9. The van der Waals surface area contributed by atoms with Gasteiger partial charge in [0.25, 0.3) is 0 Å². The molecule has 0 heterocycles. The Kier molecular flexibility index (Phi) is 12.5. The molecule has 30 heavy (non-hydrogen) atoms. The minimum atomic E-state index is -1.09. The number of carboxylic acids is 1. The monoisotopic (exact) mass is 428 g/mol. The number of nitrogens with one attached hydrogen (secondary N) is 2. The topological polar surface area (TPSA) is 159 Å². The summed E-state index contributed by atoms with van der Waals surface area (Å²) < 4.78 is 0. The molecule has 0 aliphatic heterocycles. The summed E-state index contributed by atoms with van der Waals surface area (Å²) in [7, 11) is 0. The Morgan fingerprint density at radius 3 is 1.97 bits per heavy atom. The van der Waals surface area contributed by atoms with E-state index in [4.69, 9.17) is 10.8 Å². The summed E-state index contributed by atoms with van der Waals surface area (Å²) in [6.07, 6.45) is -0.153. The van der Waals surface area contributed by atoms with Crippen LogP contribution >= 0.6 is 0 Å². The van der Waals surface area contributed by atoms with E-state index in [2.05, 4.69) is 10.6 Å². The zero-order chi connectivity index (χ0) is 23.4. The fraction of sp³-hybridized carbons (Fsp3) is 0.750. The van der Waals surface area contributed by atoms with Gasteiger partial charge in [0.05, 0.1) is 6.04 Å². The number of ketones is 1. The smallest absolute Gasteiger partial charge is 0.303 e. The highest BCUT2D eigenvalue weighted by Crippen LogP contribution is 2.06. The third-order valence-corrected chi connectivity index (χ3v) is 4.45. The van der Waals surface area contributed by atoms with Gasteiger partial charge in [0.1, 0.15) is 11.8 Å². The molecule has 0 aromatic heterocycles. The van der Waals surface area contributed by atoms with Crippen molar-refractivity contribution in [1.29, 1.82) is 0 Å². The Bertz CT molecular complexity index is 618. The lowest BCUT2D eigenvalue weighted by Crippen LogP contribution is -2.52. The first-order valence-corrected chi connectivity index (χ1v) is 10.2. The summed E-state index contributed by atoms with van der Waals surface area (Å²) in [5.74, 6) is -2.68. The summed E-state index contributed by atoms with van der Waals surface area (Å²) in [5, 5.41) is 13.9. The highest BCUT2D eigenvalue weighted by Gasteiger charge is 2.24. The van der Waals surface area contributed by atoms with Crippen LogP contribution in [0.2, 0.25) is 0 Å². The molecule has 2 atom stereocenters. The molecule has 0 aromatic rings. The molecule has 5 N–H and O–H groups in total. The summed E-state index contributed by atoms with van der Waals surface area (Å²) in [6, 6.07) is -1.89. The summed E-state index contributed by atoms with van der Waals surface area (Å²) in [6.45, 7) is 9.11. The van der Waals surface area contributed by atoms with Crippen molar-refractivity contribution in [2.45, 2.75) is 66.0 Å². The SMILES string of the molecule is CC(C)C(=O)CCN(CCNC(=O)[C@H](CCC(=O)O)NC(=O)[C@H](C)N)C(=O)C(C)C. The molecule has 0 radical (unpaired) electrons. The number of carbonyl (C=O) groups excluding carboxylic acids is 4. The highest BCUT2D eigenvalue weighted by molar-refractivity contribution is 5.89. The number of carboxylic acid groups (broad SMARTS) is 1. The van der Waals surface area contributed by atoms with Crippen molar-refractivity contribution in [3.63, 3.8) is 0 Å². The van der Waals surface area contributed by atoms with Crippen LogP contribution in [0, 0.1) is 11.8 Å². The van der Waals surface area contributed by atoms with Crippen molar-refractivity contribution in [2.24, 2.45) is 17.6 Å². The van der Waals surface area contributed by atoms with Gasteiger partial charge in [-0.05, 0) is 13.3 Å². The molecule has 3 amide bonds. The summed E-state index contributed by atoms with van der Waals surface area (Å²) in [5.41, 5.74) is 5.49. The third kappa shape index (κ3) is 10.9. The quantitative estimate of drug-likeness (QED) is 0.300. The van der Waals surface area contributed by atoms with E-state index >= 15 is 0 Å². The van der Waals surface area contributed by atoms with Crippen LogP contribution in [0.4, 0.5) is 0 Å². The van der Waals surface area contributed by atoms with Crippen LogP contribution in [0.5, 0.6) is 0 Å². The van der Waals surface area contributed by atoms with Gasteiger partial charge in [-0.25, -0.2) is 0 Å². The predicted octanol–water partition coefficient (Wildman–Crippen LogP) is -0.101. The molecule has 10 nitrogen and oxygen atoms in total. The van der Waals surface area contributed by atoms with Gasteiger partial charge in [-0.1, -0.05) is 27.7 Å². The maximum atomic E-state index is 12.4. The standard InChI is InChI=1S/C20H36N4O6/c1-12(2)16(25)8-10-24(20(30)13(3)4)11-9-22-19(29)15(6-7-17(26)27)23-18(28)14(5)21/h12-15H,6-11,21H2,1-5H3,(H,22,29)(H,23,28)(H,26,27)/t14-,15-/m0/s1. The molecule has 0 saturated heterocycles. The molecule has 0 rings (SSSR count). The van der Waals surface area contributed by atoms with Crippen molar-refractivity contribution >= 4 is 29.5 Å². The lowest BCUT2D eigenvalue weighted by Gasteiger charge is -2.25. The van der Waals surface area contributed by atoms with Gasteiger partial charge in [0, 0.05) is 44.3 Å². The second-order valence-electron chi connectivity index (χ2n) is 7.92. The zero-order valence-electron chi connectivity index (χ0n) is 18.6. The zero-order valence-corrected chi connectivity index (χ0v) is 18.6. The Morgan fingerprint density at radius 2 is 1.50 bits per heavy atom. The molecule has 0 aromatic carbocycles. The molecule has 0 aliphatic carbocycles. The normalized spacial score (nSPS) is 12.9. The molecule has 0 spiro atoms. The van der Waals surface area contributed by atoms with Gasteiger partial charge in [-0.2, -0.15) is 0 Å². The van der Waals surface area contributed by atoms with Crippen molar-refractivity contribution in [2.75, 3.05) is 19.6 Å². The van der Waals surface area contributed by atoms with E-state index in [1.165, 1.54) is 11.8 Å². The molecule has 10 heteroatoms. The molecular formula is C20H36N4O6. The number of carbonyl (C=O) groups is 5. The largest absolute Gasteiger partial charge is 0.481 e. The Hall–Kier alpha value is -2.49. The number of nitrogens with two attached hydrogens (primary N) is 1. The number of amides is 3. The van der Waals surface area contributed by atoms with Gasteiger partial charge in [0.2, 0.25) is 17.7 Å². The van der Waals surface area contributed by atoms with Crippen LogP contribution in [0.25, 0.3) is 0 Å². The predicted molar refractivity (Wildman–Crippen MR) is 111 cm³/mol. The van der Waals surface area contributed by atoms with Crippen LogP contribution in [-0.2, 0) is 24.0 Å². The average molecular weight is 429 g/mol. The van der Waals surface area contributed by atoms with Gasteiger partial charge in [0.15, 0.2) is 0 Å². The van der Waals surface area contributed by atoms with Crippen LogP contribution in [0.3, 0.4) is 0 Å². The summed E-state index contributed by atoms with van der Waals surface area (Å²) >= 11 is 0. The van der Waals surface area contributed by atoms with E-state index in [0.29, 0.717) is 0 Å². The van der Waals surface area contributed by atoms with Gasteiger partial charge < -0.3 is 26.4 Å². The van der Waals surface area contributed by atoms with Crippen LogP contribution in [0.1, 0.15) is 53.9 Å². The van der Waals surface area contributed by atoms with Gasteiger partial charge >= 0.3 is 5.97 Å². The molecule has 172 valence electrons. The van der Waals surface area contributed by atoms with Gasteiger partial charge in [-0.3, -0.25) is 24.0 Å². The number of rotatable bonds is 14. The fourth-order valence-electron chi connectivity index (χ4n) is 2.51. The number of hydrogen-bond donors (Lipinski definition) is 4. The van der Waals surface area contributed by atoms with E-state index in [-0.39, 0.29) is 62.4 Å². The number of aliphatic carboxylic acids is 1. The Morgan fingerprint density at radius 1 is 0.900 bits per heavy atom. The first kappa shape index (κ1) is 27.5. The first-order valence-electron chi connectivity index (χ1n) is 10.2. The van der Waals surface area contributed by atoms with E-state index in [9.17, 15) is 24.0 Å². The first-order chi connectivity index (χ1) is 13.9. The van der Waals surface area contributed by atoms with Crippen LogP contribution in [0.15, 0.2) is 0 Å². The number of Topliss-reactive ketones (excluding diaryl/α,β-unsaturated/α-hetero) is 1. The minimum absolute atomic E-state index is 0.0490. The molecule has 0 unspecified atom stereocenters. The molecule has 0 aliphatic rings. The van der Waals surface area contributed by atoms with Crippen molar-refractivity contribution < 1.29 is 29.1 Å². The van der Waals surface area contributed by atoms with E-state index in [1.807, 2.05) is 0 Å². The molecular weight excluding hydrogens is 392 g/mol. The fourth-order valence-corrected chi connectivity index (χ4v) is 2.51. The van der Waals surface area contributed by atoms with Crippen molar-refractivity contribution in [3.8, 4) is 0 Å². The van der Waals surface area contributed by atoms with Crippen molar-refractivity contribution in [3.05, 3.63) is 0 Å². The minimum Gasteiger partial charge on any atom is -0.481 e. The second kappa shape index (κ2) is 13.7. The maximum Gasteiger partial charge on any atom is 0.303 e. The molecule has 0 bridgehead atoms.